The van der Waals surface area contributed by atoms with E-state index in [9.17, 15) is 23.2 Å². The number of nitrogens with one attached hydrogen (secondary N) is 1. The fraction of sp³-hybridized carbons (Fsp3) is 0.0952. The summed E-state index contributed by atoms with van der Waals surface area (Å²) >= 11 is 0. The van der Waals surface area contributed by atoms with Crippen LogP contribution in [0.5, 0.6) is 0 Å². The molecule has 8 nitrogen and oxygen atoms in total. The topological polar surface area (TPSA) is 98.9 Å². The zero-order valence-corrected chi connectivity index (χ0v) is 16.0. The molecular weight excluding hydrogens is 408 g/mol. The van der Waals surface area contributed by atoms with Crippen molar-refractivity contribution < 1.29 is 13.6 Å². The first-order chi connectivity index (χ1) is 14.9. The van der Waals surface area contributed by atoms with Gasteiger partial charge in [0.15, 0.2) is 5.82 Å². The van der Waals surface area contributed by atoms with Crippen LogP contribution < -0.4 is 16.6 Å². The second-order valence-electron chi connectivity index (χ2n) is 6.69. The molecule has 3 heterocycles. The number of hydrogen-bond donors (Lipinski definition) is 1. The van der Waals surface area contributed by atoms with Crippen LogP contribution >= 0.6 is 0 Å². The van der Waals surface area contributed by atoms with Crippen molar-refractivity contribution in [1.29, 1.82) is 0 Å². The third-order valence-corrected chi connectivity index (χ3v) is 4.53. The van der Waals surface area contributed by atoms with Gasteiger partial charge in [0.2, 0.25) is 5.91 Å². The van der Waals surface area contributed by atoms with E-state index in [1.54, 1.807) is 24.5 Å². The molecule has 0 unspecified atom stereocenters. The fourth-order valence-corrected chi connectivity index (χ4v) is 3.09. The Balaban J connectivity index is 1.64. The van der Waals surface area contributed by atoms with Gasteiger partial charge in [-0.25, -0.2) is 13.6 Å². The lowest BCUT2D eigenvalue weighted by atomic mass is 10.2. The summed E-state index contributed by atoms with van der Waals surface area (Å²) in [6.45, 7) is -0.333. The molecule has 2 aliphatic heterocycles. The van der Waals surface area contributed by atoms with E-state index in [2.05, 4.69) is 15.3 Å². The second kappa shape index (κ2) is 8.27. The lowest BCUT2D eigenvalue weighted by molar-refractivity contribution is -0.116. The normalized spacial score (nSPS) is 10.9. The SMILES string of the molecule is O=C(Cn1cccc2c(=O)n(Cc3cccnc3)c(=O)nc1-2)Nc1ccc(F)cc1F. The molecule has 2 aliphatic rings. The van der Waals surface area contributed by atoms with Gasteiger partial charge in [0.1, 0.15) is 18.2 Å². The number of fused-ring (bicyclic) bond motifs is 1. The monoisotopic (exact) mass is 423 g/mol. The molecule has 1 aromatic carbocycles. The number of amides is 1. The average molecular weight is 423 g/mol. The second-order valence-corrected chi connectivity index (χ2v) is 6.69. The largest absolute Gasteiger partial charge is 0.352 e. The lowest BCUT2D eigenvalue weighted by Gasteiger charge is -2.15. The summed E-state index contributed by atoms with van der Waals surface area (Å²) in [5.74, 6) is -2.31. The smallest absolute Gasteiger partial charge is 0.323 e. The van der Waals surface area contributed by atoms with E-state index < -0.39 is 28.8 Å². The predicted octanol–water partition coefficient (Wildman–Crippen LogP) is 1.87. The molecule has 156 valence electrons. The minimum Gasteiger partial charge on any atom is -0.323 e. The summed E-state index contributed by atoms with van der Waals surface area (Å²) < 4.78 is 29.1. The van der Waals surface area contributed by atoms with E-state index in [0.29, 0.717) is 11.6 Å². The number of aromatic nitrogens is 4. The van der Waals surface area contributed by atoms with Crippen LogP contribution in [0.25, 0.3) is 11.4 Å². The maximum atomic E-state index is 13.8. The zero-order chi connectivity index (χ0) is 22.0. The molecule has 1 N–H and O–H groups in total. The molecule has 0 fully saturated rings. The number of benzene rings is 1. The van der Waals surface area contributed by atoms with Gasteiger partial charge in [0, 0.05) is 24.7 Å². The minimum absolute atomic E-state index is 0.00761. The highest BCUT2D eigenvalue weighted by Crippen LogP contribution is 2.16. The molecule has 0 bridgehead atoms. The van der Waals surface area contributed by atoms with Crippen LogP contribution in [0, 0.1) is 11.6 Å². The average Bonchev–Trinajstić information content (AvgIpc) is 2.74. The minimum atomic E-state index is -0.922. The Labute approximate surface area is 173 Å². The van der Waals surface area contributed by atoms with Gasteiger partial charge in [-0.2, -0.15) is 4.98 Å². The van der Waals surface area contributed by atoms with E-state index in [-0.39, 0.29) is 30.2 Å². The van der Waals surface area contributed by atoms with Crippen molar-refractivity contribution in [3.63, 3.8) is 0 Å². The van der Waals surface area contributed by atoms with Gasteiger partial charge in [0.25, 0.3) is 5.56 Å². The molecule has 0 spiro atoms. The Morgan fingerprint density at radius 3 is 2.68 bits per heavy atom. The van der Waals surface area contributed by atoms with Crippen LogP contribution in [0.4, 0.5) is 14.5 Å². The highest BCUT2D eigenvalue weighted by Gasteiger charge is 2.19. The van der Waals surface area contributed by atoms with Crippen LogP contribution in [0.3, 0.4) is 0 Å². The Hall–Kier alpha value is -4.21. The Morgan fingerprint density at radius 2 is 1.94 bits per heavy atom. The van der Waals surface area contributed by atoms with Crippen molar-refractivity contribution in [2.45, 2.75) is 13.1 Å². The van der Waals surface area contributed by atoms with E-state index in [4.69, 9.17) is 0 Å². The van der Waals surface area contributed by atoms with Crippen molar-refractivity contribution in [3.8, 4) is 11.4 Å². The van der Waals surface area contributed by atoms with Crippen LogP contribution in [-0.2, 0) is 17.9 Å². The number of nitrogens with zero attached hydrogens (tertiary/aromatic N) is 4. The maximum absolute atomic E-state index is 13.8. The third-order valence-electron chi connectivity index (χ3n) is 4.53. The van der Waals surface area contributed by atoms with Crippen molar-refractivity contribution in [2.24, 2.45) is 0 Å². The summed E-state index contributed by atoms with van der Waals surface area (Å²) in [5, 5.41) is 2.33. The summed E-state index contributed by atoms with van der Waals surface area (Å²) in [4.78, 5) is 45.6. The Bertz CT molecular complexity index is 1350. The highest BCUT2D eigenvalue weighted by molar-refractivity contribution is 5.91. The van der Waals surface area contributed by atoms with Crippen LogP contribution in [0.2, 0.25) is 0 Å². The molecule has 0 saturated carbocycles. The van der Waals surface area contributed by atoms with Crippen LogP contribution in [0.1, 0.15) is 5.56 Å². The van der Waals surface area contributed by atoms with Crippen molar-refractivity contribution in [3.05, 3.63) is 99.1 Å². The van der Waals surface area contributed by atoms with Crippen molar-refractivity contribution >= 4 is 11.6 Å². The van der Waals surface area contributed by atoms with Crippen LogP contribution in [-0.4, -0.2) is 25.0 Å². The molecule has 31 heavy (non-hydrogen) atoms. The molecular formula is C21H15F2N5O3. The molecule has 10 heteroatoms. The van der Waals surface area contributed by atoms with E-state index in [1.165, 1.54) is 22.9 Å². The fourth-order valence-electron chi connectivity index (χ4n) is 3.09. The lowest BCUT2D eigenvalue weighted by Crippen LogP contribution is -2.38. The van der Waals surface area contributed by atoms with Gasteiger partial charge in [-0.05, 0) is 35.9 Å². The summed E-state index contributed by atoms with van der Waals surface area (Å²) in [5.41, 5.74) is -0.716. The third kappa shape index (κ3) is 4.22. The van der Waals surface area contributed by atoms with Gasteiger partial charge in [-0.3, -0.25) is 19.1 Å². The van der Waals surface area contributed by atoms with Gasteiger partial charge < -0.3 is 9.88 Å². The van der Waals surface area contributed by atoms with Crippen LogP contribution in [0.15, 0.2) is 70.6 Å². The van der Waals surface area contributed by atoms with E-state index in [0.717, 1.165) is 16.7 Å². The Kier molecular flexibility index (Phi) is 5.35. The predicted molar refractivity (Wildman–Crippen MR) is 108 cm³/mol. The van der Waals surface area contributed by atoms with Gasteiger partial charge in [-0.15, -0.1) is 0 Å². The maximum Gasteiger partial charge on any atom is 0.352 e. The molecule has 1 aromatic heterocycles. The highest BCUT2D eigenvalue weighted by atomic mass is 19.1. The molecule has 4 rings (SSSR count). The van der Waals surface area contributed by atoms with E-state index >= 15 is 0 Å². The number of anilines is 1. The number of halogens is 2. The summed E-state index contributed by atoms with van der Waals surface area (Å²) in [6, 6.07) is 9.22. The Morgan fingerprint density at radius 1 is 1.10 bits per heavy atom. The number of carbonyl (C=O) groups excluding carboxylic acids is 1. The first kappa shape index (κ1) is 20.1. The molecule has 1 amide bonds. The number of rotatable bonds is 5. The molecule has 0 atom stereocenters. The number of hydrogen-bond acceptors (Lipinski definition) is 5. The molecule has 2 aromatic rings. The van der Waals surface area contributed by atoms with Crippen molar-refractivity contribution in [1.82, 2.24) is 19.1 Å². The molecule has 0 aliphatic carbocycles. The number of pyridine rings is 2. The quantitative estimate of drug-likeness (QED) is 0.528. The summed E-state index contributed by atoms with van der Waals surface area (Å²) in [6.07, 6.45) is 4.59. The van der Waals surface area contributed by atoms with Gasteiger partial charge >= 0.3 is 5.69 Å². The van der Waals surface area contributed by atoms with Gasteiger partial charge in [-0.1, -0.05) is 6.07 Å². The van der Waals surface area contributed by atoms with E-state index in [1.807, 2.05) is 0 Å². The first-order valence-electron chi connectivity index (χ1n) is 9.16. The van der Waals surface area contributed by atoms with Gasteiger partial charge in [0.05, 0.1) is 17.8 Å². The summed E-state index contributed by atoms with van der Waals surface area (Å²) in [7, 11) is 0. The molecule has 0 saturated heterocycles. The number of carbonyl (C=O) groups is 1. The van der Waals surface area contributed by atoms with Crippen molar-refractivity contribution in [2.75, 3.05) is 5.32 Å². The zero-order valence-electron chi connectivity index (χ0n) is 16.0. The first-order valence-corrected chi connectivity index (χ1v) is 9.16. The molecule has 0 radical (unpaired) electrons. The standard InChI is InChI=1S/C21H15F2N5O3/c22-14-5-6-17(16(23)9-14)25-18(29)12-27-8-2-4-15-19(27)26-21(31)28(20(15)30)11-13-3-1-7-24-10-13/h1-10H,11-12H2,(H,25,29).